The van der Waals surface area contributed by atoms with Crippen molar-refractivity contribution in [1.82, 2.24) is 25.9 Å². The van der Waals surface area contributed by atoms with Gasteiger partial charge in [-0.05, 0) is 51.1 Å². The molecule has 0 unspecified atom stereocenters. The number of benzene rings is 1. The van der Waals surface area contributed by atoms with Crippen molar-refractivity contribution in [3.05, 3.63) is 47.8 Å². The number of amides is 3. The summed E-state index contributed by atoms with van der Waals surface area (Å²) in [5.74, 6) is -2.26. The summed E-state index contributed by atoms with van der Waals surface area (Å²) in [7, 11) is 0. The molecule has 8 heteroatoms. The van der Waals surface area contributed by atoms with Crippen molar-refractivity contribution in [2.75, 3.05) is 0 Å². The zero-order chi connectivity index (χ0) is 17.7. The van der Waals surface area contributed by atoms with Crippen LogP contribution in [0.15, 0.2) is 36.5 Å². The molecule has 0 spiro atoms. The Kier molecular flexibility index (Phi) is 5.31. The van der Waals surface area contributed by atoms with Crippen molar-refractivity contribution < 1.29 is 14.4 Å². The van der Waals surface area contributed by atoms with Gasteiger partial charge in [-0.25, -0.2) is 4.68 Å². The Morgan fingerprint density at radius 1 is 1.00 bits per heavy atom. The van der Waals surface area contributed by atoms with Crippen molar-refractivity contribution in [2.24, 2.45) is 0 Å². The molecule has 0 bridgehead atoms. The minimum Gasteiger partial charge on any atom is -0.346 e. The summed E-state index contributed by atoms with van der Waals surface area (Å²) in [6.45, 7) is 5.38. The first-order valence-electron chi connectivity index (χ1n) is 7.40. The maximum atomic E-state index is 12.0. The predicted octanol–water partition coefficient (Wildman–Crippen LogP) is 0.466. The number of hydrazine groups is 1. The van der Waals surface area contributed by atoms with Crippen molar-refractivity contribution >= 4 is 17.7 Å². The number of hydrogen-bond donors (Lipinski definition) is 3. The molecular weight excluding hydrogens is 310 g/mol. The number of hydrogen-bond acceptors (Lipinski definition) is 4. The van der Waals surface area contributed by atoms with Crippen molar-refractivity contribution in [2.45, 2.75) is 26.8 Å². The van der Waals surface area contributed by atoms with E-state index < -0.39 is 17.7 Å². The molecule has 3 N–H and O–H groups in total. The fraction of sp³-hybridized carbons (Fsp3) is 0.250. The third kappa shape index (κ3) is 4.19. The van der Waals surface area contributed by atoms with Gasteiger partial charge in [-0.1, -0.05) is 0 Å². The molecule has 3 amide bonds. The fourth-order valence-corrected chi connectivity index (χ4v) is 1.96. The van der Waals surface area contributed by atoms with Crippen LogP contribution in [0.5, 0.6) is 0 Å². The van der Waals surface area contributed by atoms with Gasteiger partial charge in [-0.15, -0.1) is 0 Å². The highest BCUT2D eigenvalue weighted by Crippen LogP contribution is 2.11. The monoisotopic (exact) mass is 329 g/mol. The highest BCUT2D eigenvalue weighted by molar-refractivity contribution is 6.35. The molecule has 0 aliphatic heterocycles. The second-order valence-electron chi connectivity index (χ2n) is 5.47. The van der Waals surface area contributed by atoms with Gasteiger partial charge in [0.1, 0.15) is 0 Å². The van der Waals surface area contributed by atoms with Crippen LogP contribution in [0.25, 0.3) is 5.69 Å². The van der Waals surface area contributed by atoms with Gasteiger partial charge in [0.2, 0.25) is 0 Å². The Hall–Kier alpha value is -3.16. The van der Waals surface area contributed by atoms with Gasteiger partial charge < -0.3 is 5.32 Å². The molecule has 1 aromatic heterocycles. The highest BCUT2D eigenvalue weighted by Gasteiger charge is 2.15. The smallest absolute Gasteiger partial charge is 0.327 e. The summed E-state index contributed by atoms with van der Waals surface area (Å²) < 4.78 is 1.74. The van der Waals surface area contributed by atoms with Gasteiger partial charge in [0.25, 0.3) is 5.91 Å². The lowest BCUT2D eigenvalue weighted by Crippen LogP contribution is -2.49. The Labute approximate surface area is 139 Å². The van der Waals surface area contributed by atoms with E-state index in [-0.39, 0.29) is 6.04 Å². The molecule has 24 heavy (non-hydrogen) atoms. The minimum absolute atomic E-state index is 0.169. The molecule has 2 rings (SSSR count). The first kappa shape index (κ1) is 17.2. The summed E-state index contributed by atoms with van der Waals surface area (Å²) >= 11 is 0. The summed E-state index contributed by atoms with van der Waals surface area (Å²) in [5, 5.41) is 6.60. The van der Waals surface area contributed by atoms with Crippen LogP contribution in [-0.2, 0) is 9.59 Å². The Morgan fingerprint density at radius 2 is 1.67 bits per heavy atom. The van der Waals surface area contributed by atoms with E-state index in [1.54, 1.807) is 49.0 Å². The predicted molar refractivity (Wildman–Crippen MR) is 87.2 cm³/mol. The maximum absolute atomic E-state index is 12.0. The molecule has 0 aliphatic carbocycles. The van der Waals surface area contributed by atoms with Gasteiger partial charge in [0.05, 0.1) is 5.69 Å². The van der Waals surface area contributed by atoms with Gasteiger partial charge in [-0.3, -0.25) is 25.2 Å². The van der Waals surface area contributed by atoms with Crippen molar-refractivity contribution in [3.63, 3.8) is 0 Å². The number of aromatic nitrogens is 2. The second-order valence-corrected chi connectivity index (χ2v) is 5.47. The van der Waals surface area contributed by atoms with E-state index in [1.165, 1.54) is 0 Å². The number of carbonyl (C=O) groups excluding carboxylic acids is 3. The van der Waals surface area contributed by atoms with Gasteiger partial charge in [-0.2, -0.15) is 5.10 Å². The van der Waals surface area contributed by atoms with Crippen LogP contribution in [0.1, 0.15) is 29.9 Å². The zero-order valence-corrected chi connectivity index (χ0v) is 13.7. The topological polar surface area (TPSA) is 105 Å². The minimum atomic E-state index is -0.930. The molecule has 0 saturated heterocycles. The van der Waals surface area contributed by atoms with E-state index in [0.717, 1.165) is 11.4 Å². The first-order valence-corrected chi connectivity index (χ1v) is 7.40. The lowest BCUT2D eigenvalue weighted by Gasteiger charge is -2.10. The lowest BCUT2D eigenvalue weighted by molar-refractivity contribution is -0.139. The summed E-state index contributed by atoms with van der Waals surface area (Å²) in [5.41, 5.74) is 6.39. The average Bonchev–Trinajstić information content (AvgIpc) is 2.97. The summed E-state index contributed by atoms with van der Waals surface area (Å²) in [6.07, 6.45) is 1.69. The number of aryl methyl sites for hydroxylation is 1. The highest BCUT2D eigenvalue weighted by atomic mass is 16.2. The molecule has 0 aliphatic rings. The molecular formula is C16H19N5O3. The van der Waals surface area contributed by atoms with E-state index in [4.69, 9.17) is 0 Å². The molecule has 0 fully saturated rings. The van der Waals surface area contributed by atoms with Crippen LogP contribution in [0, 0.1) is 6.92 Å². The van der Waals surface area contributed by atoms with Gasteiger partial charge in [0, 0.05) is 23.5 Å². The van der Waals surface area contributed by atoms with Crippen LogP contribution in [0.3, 0.4) is 0 Å². The normalized spacial score (nSPS) is 10.3. The molecule has 1 aromatic carbocycles. The van der Waals surface area contributed by atoms with Crippen molar-refractivity contribution in [1.29, 1.82) is 0 Å². The molecule has 2 aromatic rings. The first-order chi connectivity index (χ1) is 11.4. The standard InChI is InChI=1S/C16H19N5O3/c1-10(2)18-15(23)16(24)20-19-14(22)12-4-6-13(7-5-12)21-11(3)8-9-17-21/h4-10H,1-3H3,(H,18,23)(H,19,22)(H,20,24). The molecule has 8 nitrogen and oxygen atoms in total. The number of carbonyl (C=O) groups is 3. The molecule has 0 atom stereocenters. The Morgan fingerprint density at radius 3 is 2.21 bits per heavy atom. The molecule has 126 valence electrons. The van der Waals surface area contributed by atoms with Gasteiger partial charge in [0.15, 0.2) is 0 Å². The molecule has 1 heterocycles. The number of nitrogens with one attached hydrogen (secondary N) is 3. The lowest BCUT2D eigenvalue weighted by atomic mass is 10.2. The van der Waals surface area contributed by atoms with E-state index >= 15 is 0 Å². The number of nitrogens with zero attached hydrogens (tertiary/aromatic N) is 2. The molecule has 0 radical (unpaired) electrons. The third-order valence-corrected chi connectivity index (χ3v) is 3.12. The maximum Gasteiger partial charge on any atom is 0.327 e. The second kappa shape index (κ2) is 7.40. The zero-order valence-electron chi connectivity index (χ0n) is 13.7. The summed E-state index contributed by atoms with van der Waals surface area (Å²) in [6, 6.07) is 8.39. The quantitative estimate of drug-likeness (QED) is 0.562. The van der Waals surface area contributed by atoms with Crippen LogP contribution in [0.2, 0.25) is 0 Å². The largest absolute Gasteiger partial charge is 0.346 e. The SMILES string of the molecule is Cc1ccnn1-c1ccc(C(=O)NNC(=O)C(=O)NC(C)C)cc1. The van der Waals surface area contributed by atoms with Crippen LogP contribution in [0.4, 0.5) is 0 Å². The molecule has 0 saturated carbocycles. The average molecular weight is 329 g/mol. The third-order valence-electron chi connectivity index (χ3n) is 3.12. The van der Waals surface area contributed by atoms with E-state index in [0.29, 0.717) is 5.56 Å². The van der Waals surface area contributed by atoms with E-state index in [1.807, 2.05) is 13.0 Å². The van der Waals surface area contributed by atoms with Crippen LogP contribution in [-0.4, -0.2) is 33.5 Å². The van der Waals surface area contributed by atoms with E-state index in [2.05, 4.69) is 21.3 Å². The Bertz CT molecular complexity index is 749. The van der Waals surface area contributed by atoms with Crippen LogP contribution < -0.4 is 16.2 Å². The summed E-state index contributed by atoms with van der Waals surface area (Å²) in [4.78, 5) is 34.9. The van der Waals surface area contributed by atoms with Crippen LogP contribution >= 0.6 is 0 Å². The van der Waals surface area contributed by atoms with Crippen molar-refractivity contribution in [3.8, 4) is 5.69 Å². The van der Waals surface area contributed by atoms with Gasteiger partial charge >= 0.3 is 11.8 Å². The number of rotatable bonds is 3. The van der Waals surface area contributed by atoms with E-state index in [9.17, 15) is 14.4 Å². The Balaban J connectivity index is 1.95. The fourth-order valence-electron chi connectivity index (χ4n) is 1.96.